The van der Waals surface area contributed by atoms with Crippen LogP contribution in [0.25, 0.3) is 6.08 Å². The number of benzene rings is 2. The summed E-state index contributed by atoms with van der Waals surface area (Å²) in [5.74, 6) is 0.393. The third kappa shape index (κ3) is 3.24. The molecule has 7 heteroatoms. The summed E-state index contributed by atoms with van der Waals surface area (Å²) in [4.78, 5) is 14.1. The fourth-order valence-corrected chi connectivity index (χ4v) is 2.89. The quantitative estimate of drug-likeness (QED) is 0.639. The lowest BCUT2D eigenvalue weighted by atomic mass is 10.2. The Morgan fingerprint density at radius 3 is 2.67 bits per heavy atom. The van der Waals surface area contributed by atoms with E-state index in [1.54, 1.807) is 55.7 Å². The topological polar surface area (TPSA) is 41.6 Å². The van der Waals surface area contributed by atoms with Crippen LogP contribution in [0.15, 0.2) is 48.2 Å². The van der Waals surface area contributed by atoms with Gasteiger partial charge in [0.2, 0.25) is 0 Å². The van der Waals surface area contributed by atoms with Crippen molar-refractivity contribution in [2.75, 3.05) is 12.0 Å². The Balaban J connectivity index is 1.93. The van der Waals surface area contributed by atoms with Crippen LogP contribution in [0.4, 0.5) is 5.69 Å². The first-order valence-electron chi connectivity index (χ1n) is 6.96. The lowest BCUT2D eigenvalue weighted by Crippen LogP contribution is -2.30. The van der Waals surface area contributed by atoms with Gasteiger partial charge in [-0.1, -0.05) is 35.3 Å². The molecule has 0 unspecified atom stereocenters. The van der Waals surface area contributed by atoms with E-state index in [-0.39, 0.29) is 5.91 Å². The summed E-state index contributed by atoms with van der Waals surface area (Å²) in [7, 11) is 1.57. The lowest BCUT2D eigenvalue weighted by molar-refractivity contribution is -0.113. The summed E-state index contributed by atoms with van der Waals surface area (Å²) in [6.07, 6.45) is 1.68. The molecule has 0 atom stereocenters. The van der Waals surface area contributed by atoms with Gasteiger partial charge in [0.1, 0.15) is 11.4 Å². The normalized spacial score (nSPS) is 15.8. The number of thiocarbonyl (C=S) groups is 1. The Morgan fingerprint density at radius 2 is 1.96 bits per heavy atom. The Bertz CT molecular complexity index is 867. The van der Waals surface area contributed by atoms with Crippen LogP contribution in [0.5, 0.6) is 5.75 Å². The second-order valence-corrected chi connectivity index (χ2v) is 6.20. The minimum atomic E-state index is -0.251. The van der Waals surface area contributed by atoms with Gasteiger partial charge in [0.15, 0.2) is 5.11 Å². The zero-order chi connectivity index (χ0) is 17.3. The van der Waals surface area contributed by atoms with Crippen molar-refractivity contribution in [3.63, 3.8) is 0 Å². The predicted molar refractivity (Wildman–Crippen MR) is 101 cm³/mol. The van der Waals surface area contributed by atoms with Crippen molar-refractivity contribution in [2.45, 2.75) is 0 Å². The molecule has 0 aliphatic carbocycles. The number of amides is 1. The summed E-state index contributed by atoms with van der Waals surface area (Å²) in [5, 5.41) is 4.11. The number of hydrogen-bond donors (Lipinski definition) is 1. The van der Waals surface area contributed by atoms with Crippen LogP contribution in [-0.4, -0.2) is 18.1 Å². The first-order valence-corrected chi connectivity index (χ1v) is 8.12. The standard InChI is InChI=1S/C17H12Cl2N2O2S/c1-23-12-4-2-3-11(9-12)21-16(22)15(20-17(21)24)8-10-5-6-13(18)14(19)7-10/h2-9H,1H3,(H,20,24)/b15-8+. The molecule has 0 radical (unpaired) electrons. The lowest BCUT2D eigenvalue weighted by Gasteiger charge is -2.14. The number of hydrogen-bond acceptors (Lipinski definition) is 3. The molecule has 2 aromatic carbocycles. The van der Waals surface area contributed by atoms with E-state index in [1.807, 2.05) is 0 Å². The first kappa shape index (κ1) is 16.8. The second kappa shape index (κ2) is 6.81. The summed E-state index contributed by atoms with van der Waals surface area (Å²) in [5.41, 5.74) is 1.74. The Morgan fingerprint density at radius 1 is 1.17 bits per heavy atom. The predicted octanol–water partition coefficient (Wildman–Crippen LogP) is 4.26. The molecule has 1 N–H and O–H groups in total. The van der Waals surface area contributed by atoms with Crippen LogP contribution in [0.2, 0.25) is 10.0 Å². The highest BCUT2D eigenvalue weighted by Gasteiger charge is 2.32. The zero-order valence-corrected chi connectivity index (χ0v) is 14.9. The zero-order valence-electron chi connectivity index (χ0n) is 12.5. The molecule has 122 valence electrons. The number of methoxy groups -OCH3 is 1. The van der Waals surface area contributed by atoms with Crippen molar-refractivity contribution in [2.24, 2.45) is 0 Å². The number of halogens is 2. The van der Waals surface area contributed by atoms with Gasteiger partial charge in [0.05, 0.1) is 22.8 Å². The molecule has 1 aliphatic rings. The third-order valence-electron chi connectivity index (χ3n) is 3.44. The molecule has 1 heterocycles. The Kier molecular flexibility index (Phi) is 4.76. The van der Waals surface area contributed by atoms with E-state index in [4.69, 9.17) is 40.2 Å². The van der Waals surface area contributed by atoms with Gasteiger partial charge in [0, 0.05) is 6.07 Å². The molecule has 4 nitrogen and oxygen atoms in total. The largest absolute Gasteiger partial charge is 0.497 e. The summed E-state index contributed by atoms with van der Waals surface area (Å²) >= 11 is 17.2. The van der Waals surface area contributed by atoms with E-state index in [0.29, 0.717) is 32.3 Å². The maximum absolute atomic E-state index is 12.7. The molecule has 0 saturated carbocycles. The highest BCUT2D eigenvalue weighted by Crippen LogP contribution is 2.27. The molecule has 1 saturated heterocycles. The SMILES string of the molecule is COc1cccc(N2C(=O)/C(=C\c3ccc(Cl)c(Cl)c3)NC2=S)c1. The average Bonchev–Trinajstić information content (AvgIpc) is 2.85. The molecular weight excluding hydrogens is 367 g/mol. The Hall–Kier alpha value is -2.08. The van der Waals surface area contributed by atoms with Gasteiger partial charge >= 0.3 is 0 Å². The van der Waals surface area contributed by atoms with Gasteiger partial charge in [-0.25, -0.2) is 0 Å². The first-order chi connectivity index (χ1) is 11.5. The minimum absolute atomic E-state index is 0.251. The van der Waals surface area contributed by atoms with Gasteiger partial charge in [0.25, 0.3) is 5.91 Å². The van der Waals surface area contributed by atoms with Crippen molar-refractivity contribution >= 4 is 58.2 Å². The minimum Gasteiger partial charge on any atom is -0.497 e. The van der Waals surface area contributed by atoms with E-state index in [0.717, 1.165) is 5.56 Å². The fraction of sp³-hybridized carbons (Fsp3) is 0.0588. The highest BCUT2D eigenvalue weighted by atomic mass is 35.5. The fourth-order valence-electron chi connectivity index (χ4n) is 2.29. The third-order valence-corrected chi connectivity index (χ3v) is 4.47. The number of carbonyl (C=O) groups is 1. The number of ether oxygens (including phenoxy) is 1. The summed E-state index contributed by atoms with van der Waals surface area (Å²) in [6.45, 7) is 0. The van der Waals surface area contributed by atoms with Gasteiger partial charge in [-0.15, -0.1) is 0 Å². The van der Waals surface area contributed by atoms with Crippen LogP contribution in [0, 0.1) is 0 Å². The molecular formula is C17H12Cl2N2O2S. The summed E-state index contributed by atoms with van der Waals surface area (Å²) < 4.78 is 5.19. The monoisotopic (exact) mass is 378 g/mol. The van der Waals surface area contributed by atoms with Crippen molar-refractivity contribution in [3.05, 3.63) is 63.8 Å². The molecule has 1 aliphatic heterocycles. The molecule has 0 bridgehead atoms. The van der Waals surface area contributed by atoms with Crippen molar-refractivity contribution in [1.29, 1.82) is 0 Å². The van der Waals surface area contributed by atoms with E-state index < -0.39 is 0 Å². The average molecular weight is 379 g/mol. The van der Waals surface area contributed by atoms with E-state index >= 15 is 0 Å². The van der Waals surface area contributed by atoms with E-state index in [2.05, 4.69) is 5.32 Å². The van der Waals surface area contributed by atoms with Crippen LogP contribution in [-0.2, 0) is 4.79 Å². The number of nitrogens with zero attached hydrogens (tertiary/aromatic N) is 1. The number of anilines is 1. The highest BCUT2D eigenvalue weighted by molar-refractivity contribution is 7.80. The van der Waals surface area contributed by atoms with Gasteiger partial charge in [-0.05, 0) is 48.1 Å². The van der Waals surface area contributed by atoms with E-state index in [9.17, 15) is 4.79 Å². The number of nitrogens with one attached hydrogen (secondary N) is 1. The van der Waals surface area contributed by atoms with Crippen molar-refractivity contribution in [3.8, 4) is 5.75 Å². The van der Waals surface area contributed by atoms with Crippen LogP contribution >= 0.6 is 35.4 Å². The molecule has 1 fully saturated rings. The van der Waals surface area contributed by atoms with Crippen LogP contribution in [0.3, 0.4) is 0 Å². The van der Waals surface area contributed by atoms with E-state index in [1.165, 1.54) is 4.90 Å². The Labute approximate surface area is 154 Å². The molecule has 0 spiro atoms. The van der Waals surface area contributed by atoms with Crippen molar-refractivity contribution < 1.29 is 9.53 Å². The molecule has 0 aromatic heterocycles. The van der Waals surface area contributed by atoms with Crippen LogP contribution < -0.4 is 15.0 Å². The molecule has 2 aromatic rings. The maximum Gasteiger partial charge on any atom is 0.281 e. The molecule has 1 amide bonds. The molecule has 3 rings (SSSR count). The summed E-state index contributed by atoms with van der Waals surface area (Å²) in [6, 6.07) is 12.3. The van der Waals surface area contributed by atoms with Crippen LogP contribution in [0.1, 0.15) is 5.56 Å². The number of rotatable bonds is 3. The maximum atomic E-state index is 12.7. The van der Waals surface area contributed by atoms with Crippen molar-refractivity contribution in [1.82, 2.24) is 5.32 Å². The molecule has 24 heavy (non-hydrogen) atoms. The van der Waals surface area contributed by atoms with Gasteiger partial charge in [-0.3, -0.25) is 9.69 Å². The smallest absolute Gasteiger partial charge is 0.281 e. The second-order valence-electron chi connectivity index (χ2n) is 5.00. The van der Waals surface area contributed by atoms with Gasteiger partial charge < -0.3 is 10.1 Å². The van der Waals surface area contributed by atoms with Gasteiger partial charge in [-0.2, -0.15) is 0 Å². The number of carbonyl (C=O) groups excluding carboxylic acids is 1.